The van der Waals surface area contributed by atoms with Crippen LogP contribution in [-0.4, -0.2) is 48.1 Å². The second-order valence-electron chi connectivity index (χ2n) is 6.65. The molecule has 1 fully saturated rings. The van der Waals surface area contributed by atoms with Gasteiger partial charge in [0.25, 0.3) is 0 Å². The smallest absolute Gasteiger partial charge is 0.163 e. The molecule has 0 radical (unpaired) electrons. The van der Waals surface area contributed by atoms with Crippen molar-refractivity contribution in [1.82, 2.24) is 14.9 Å². The Morgan fingerprint density at radius 2 is 1.85 bits per heavy atom. The van der Waals surface area contributed by atoms with Gasteiger partial charge in [-0.25, -0.2) is 9.97 Å². The normalized spacial score (nSPS) is 15.1. The first-order valence-corrected chi connectivity index (χ1v) is 9.51. The van der Waals surface area contributed by atoms with E-state index in [0.29, 0.717) is 16.4 Å². The van der Waals surface area contributed by atoms with Gasteiger partial charge >= 0.3 is 0 Å². The molecule has 1 aliphatic heterocycles. The topological polar surface area (TPSA) is 85.5 Å². The predicted octanol–water partition coefficient (Wildman–Crippen LogP) is 3.69. The van der Waals surface area contributed by atoms with Gasteiger partial charge in [0.15, 0.2) is 5.82 Å². The van der Waals surface area contributed by atoms with E-state index in [1.54, 1.807) is 24.3 Å². The van der Waals surface area contributed by atoms with E-state index in [0.717, 1.165) is 53.3 Å². The molecular formula is C19H18N6OS. The van der Waals surface area contributed by atoms with Gasteiger partial charge in [-0.3, -0.25) is 0 Å². The molecule has 7 nitrogen and oxygen atoms in total. The Labute approximate surface area is 160 Å². The SMILES string of the molecule is Cc1c(C#N)sc2nc(-c3ccc(N=O)cc3)nc(N3CCN(C)CC3)c12. The zero-order valence-electron chi connectivity index (χ0n) is 15.1. The summed E-state index contributed by atoms with van der Waals surface area (Å²) < 4.78 is 0. The summed E-state index contributed by atoms with van der Waals surface area (Å²) in [4.78, 5) is 26.3. The first-order chi connectivity index (χ1) is 13.1. The quantitative estimate of drug-likeness (QED) is 0.646. The van der Waals surface area contributed by atoms with Crippen molar-refractivity contribution in [3.05, 3.63) is 39.6 Å². The van der Waals surface area contributed by atoms with Crippen LogP contribution < -0.4 is 4.90 Å². The van der Waals surface area contributed by atoms with Crippen LogP contribution in [0.2, 0.25) is 0 Å². The molecule has 3 heterocycles. The third-order valence-electron chi connectivity index (χ3n) is 4.91. The first-order valence-electron chi connectivity index (χ1n) is 8.69. The van der Waals surface area contributed by atoms with Crippen LogP contribution in [0.15, 0.2) is 29.4 Å². The van der Waals surface area contributed by atoms with Gasteiger partial charge < -0.3 is 9.80 Å². The third kappa shape index (κ3) is 3.16. The Kier molecular flexibility index (Phi) is 4.56. The standard InChI is InChI=1S/C19H18N6OS/c1-12-15(11-20)27-19-16(12)18(25-9-7-24(2)8-10-25)21-17(22-19)13-3-5-14(23-26)6-4-13/h3-6H,7-10H2,1-2H3. The van der Waals surface area contributed by atoms with Gasteiger partial charge in [-0.1, -0.05) is 0 Å². The fourth-order valence-corrected chi connectivity index (χ4v) is 4.24. The van der Waals surface area contributed by atoms with Crippen molar-refractivity contribution >= 4 is 33.1 Å². The molecule has 0 aliphatic carbocycles. The van der Waals surface area contributed by atoms with E-state index in [9.17, 15) is 10.2 Å². The number of fused-ring (bicyclic) bond motifs is 1. The van der Waals surface area contributed by atoms with Gasteiger partial charge in [-0.05, 0) is 49.0 Å². The Morgan fingerprint density at radius 1 is 1.15 bits per heavy atom. The minimum Gasteiger partial charge on any atom is -0.353 e. The van der Waals surface area contributed by atoms with Crippen LogP contribution in [0.4, 0.5) is 11.5 Å². The number of anilines is 1. The van der Waals surface area contributed by atoms with Crippen LogP contribution in [0.25, 0.3) is 21.6 Å². The number of thiophene rings is 1. The molecule has 8 heteroatoms. The van der Waals surface area contributed by atoms with E-state index in [-0.39, 0.29) is 0 Å². The summed E-state index contributed by atoms with van der Waals surface area (Å²) in [5, 5.41) is 13.4. The Bertz CT molecular complexity index is 1040. The van der Waals surface area contributed by atoms with E-state index in [2.05, 4.69) is 28.1 Å². The van der Waals surface area contributed by atoms with Gasteiger partial charge in [0.2, 0.25) is 0 Å². The molecule has 3 aromatic rings. The number of aryl methyl sites for hydroxylation is 1. The summed E-state index contributed by atoms with van der Waals surface area (Å²) in [7, 11) is 2.12. The Hall–Kier alpha value is -2.89. The summed E-state index contributed by atoms with van der Waals surface area (Å²) in [5.41, 5.74) is 2.14. The highest BCUT2D eigenvalue weighted by atomic mass is 32.1. The molecule has 1 aliphatic rings. The fourth-order valence-electron chi connectivity index (χ4n) is 3.27. The lowest BCUT2D eigenvalue weighted by Gasteiger charge is -2.33. The van der Waals surface area contributed by atoms with Crippen molar-refractivity contribution < 1.29 is 0 Å². The van der Waals surface area contributed by atoms with E-state index in [1.807, 2.05) is 6.92 Å². The predicted molar refractivity (Wildman–Crippen MR) is 107 cm³/mol. The monoisotopic (exact) mass is 378 g/mol. The minimum absolute atomic E-state index is 0.373. The number of nitroso groups, excluding NO2 is 1. The molecule has 0 amide bonds. The van der Waals surface area contributed by atoms with Crippen LogP contribution in [0.5, 0.6) is 0 Å². The molecular weight excluding hydrogens is 360 g/mol. The van der Waals surface area contributed by atoms with Gasteiger partial charge in [0, 0.05) is 31.7 Å². The molecule has 27 heavy (non-hydrogen) atoms. The highest BCUT2D eigenvalue weighted by Crippen LogP contribution is 2.37. The highest BCUT2D eigenvalue weighted by Gasteiger charge is 2.23. The van der Waals surface area contributed by atoms with E-state index in [4.69, 9.17) is 9.97 Å². The second-order valence-corrected chi connectivity index (χ2v) is 7.65. The van der Waals surface area contributed by atoms with Crippen molar-refractivity contribution in [3.63, 3.8) is 0 Å². The van der Waals surface area contributed by atoms with Gasteiger partial charge in [-0.15, -0.1) is 16.2 Å². The number of nitrogens with zero attached hydrogens (tertiary/aromatic N) is 6. The molecule has 0 atom stereocenters. The van der Waals surface area contributed by atoms with Crippen LogP contribution >= 0.6 is 11.3 Å². The summed E-state index contributed by atoms with van der Waals surface area (Å²) >= 11 is 1.40. The Morgan fingerprint density at radius 3 is 2.48 bits per heavy atom. The molecule has 0 N–H and O–H groups in total. The van der Waals surface area contributed by atoms with Crippen molar-refractivity contribution in [1.29, 1.82) is 5.26 Å². The van der Waals surface area contributed by atoms with Gasteiger partial charge in [0.05, 0.1) is 5.39 Å². The zero-order valence-corrected chi connectivity index (χ0v) is 16.0. The van der Waals surface area contributed by atoms with Crippen molar-refractivity contribution in [2.24, 2.45) is 5.18 Å². The maximum Gasteiger partial charge on any atom is 0.163 e. The van der Waals surface area contributed by atoms with Crippen molar-refractivity contribution in [2.45, 2.75) is 6.92 Å². The maximum atomic E-state index is 10.7. The summed E-state index contributed by atoms with van der Waals surface area (Å²) in [6.07, 6.45) is 0. The number of aromatic nitrogens is 2. The lowest BCUT2D eigenvalue weighted by molar-refractivity contribution is 0.312. The number of piperazine rings is 1. The summed E-state index contributed by atoms with van der Waals surface area (Å²) in [6, 6.07) is 9.20. The summed E-state index contributed by atoms with van der Waals surface area (Å²) in [5.74, 6) is 1.48. The van der Waals surface area contributed by atoms with E-state index < -0.39 is 0 Å². The highest BCUT2D eigenvalue weighted by molar-refractivity contribution is 7.19. The third-order valence-corrected chi connectivity index (χ3v) is 6.00. The number of likely N-dealkylation sites (N-methyl/N-ethyl adjacent to an activating group) is 1. The van der Waals surface area contributed by atoms with Crippen LogP contribution in [0.3, 0.4) is 0 Å². The van der Waals surface area contributed by atoms with Crippen LogP contribution in [0.1, 0.15) is 10.4 Å². The Balaban J connectivity index is 1.88. The van der Waals surface area contributed by atoms with E-state index in [1.165, 1.54) is 11.3 Å². The van der Waals surface area contributed by atoms with Gasteiger partial charge in [-0.2, -0.15) is 5.26 Å². The number of hydrogen-bond acceptors (Lipinski definition) is 8. The van der Waals surface area contributed by atoms with Crippen molar-refractivity contribution in [2.75, 3.05) is 38.1 Å². The summed E-state index contributed by atoms with van der Waals surface area (Å²) in [6.45, 7) is 5.66. The minimum atomic E-state index is 0.373. The molecule has 4 rings (SSSR count). The second kappa shape index (κ2) is 7.02. The molecule has 0 unspecified atom stereocenters. The van der Waals surface area contributed by atoms with Crippen LogP contribution in [0, 0.1) is 23.2 Å². The lowest BCUT2D eigenvalue weighted by atomic mass is 10.1. The lowest BCUT2D eigenvalue weighted by Crippen LogP contribution is -2.45. The molecule has 136 valence electrons. The van der Waals surface area contributed by atoms with Crippen molar-refractivity contribution in [3.8, 4) is 17.5 Å². The number of hydrogen-bond donors (Lipinski definition) is 0. The maximum absolute atomic E-state index is 10.7. The zero-order chi connectivity index (χ0) is 19.0. The molecule has 0 spiro atoms. The molecule has 2 aromatic heterocycles. The average Bonchev–Trinajstić information content (AvgIpc) is 3.04. The number of nitriles is 1. The molecule has 0 bridgehead atoms. The molecule has 1 aromatic carbocycles. The fraction of sp³-hybridized carbons (Fsp3) is 0.316. The number of benzene rings is 1. The largest absolute Gasteiger partial charge is 0.353 e. The average molecular weight is 378 g/mol. The van der Waals surface area contributed by atoms with Crippen LogP contribution in [-0.2, 0) is 0 Å². The molecule has 0 saturated carbocycles. The number of rotatable bonds is 3. The first kappa shape index (κ1) is 17.5. The molecule has 1 saturated heterocycles. The van der Waals surface area contributed by atoms with Gasteiger partial charge in [0.1, 0.15) is 27.3 Å². The van der Waals surface area contributed by atoms with E-state index >= 15 is 0 Å².